The highest BCUT2D eigenvalue weighted by atomic mass is 32.1. The van der Waals surface area contributed by atoms with Crippen molar-refractivity contribution in [2.45, 2.75) is 32.5 Å². The van der Waals surface area contributed by atoms with Gasteiger partial charge in [-0.25, -0.2) is 9.78 Å². The van der Waals surface area contributed by atoms with Crippen LogP contribution >= 0.6 is 11.3 Å². The summed E-state index contributed by atoms with van der Waals surface area (Å²) in [6.45, 7) is 5.31. The first-order valence-electron chi connectivity index (χ1n) is 12.4. The van der Waals surface area contributed by atoms with E-state index >= 15 is 0 Å². The van der Waals surface area contributed by atoms with Gasteiger partial charge in [-0.05, 0) is 75.4 Å². The number of hydrogen-bond donors (Lipinski definition) is 1. The van der Waals surface area contributed by atoms with E-state index in [0.29, 0.717) is 32.3 Å². The van der Waals surface area contributed by atoms with Gasteiger partial charge in [0.15, 0.2) is 5.13 Å². The predicted molar refractivity (Wildman–Crippen MR) is 153 cm³/mol. The molecular weight excluding hydrogens is 557 g/mol. The standard InChI is InChI=1S/C29H27F3N4O4S/c1-28(2,3)40-27(39)36(5)26-34-22-13-12-18(15-23(22)41-26)25(38)35(4)21-11-7-10-20(16-21)33-24(37)17-8-6-9-19(14-17)29(30,31)32/h6-16H,1-5H3,(H,33,37). The maximum absolute atomic E-state index is 13.3. The van der Waals surface area contributed by atoms with E-state index in [1.807, 2.05) is 0 Å². The van der Waals surface area contributed by atoms with Crippen molar-refractivity contribution in [2.75, 3.05) is 29.2 Å². The van der Waals surface area contributed by atoms with E-state index < -0.39 is 29.3 Å². The van der Waals surface area contributed by atoms with Gasteiger partial charge in [0.1, 0.15) is 5.60 Å². The van der Waals surface area contributed by atoms with Crippen molar-refractivity contribution >= 4 is 56.0 Å². The lowest BCUT2D eigenvalue weighted by Crippen LogP contribution is -2.34. The number of nitrogens with one attached hydrogen (secondary N) is 1. The first-order chi connectivity index (χ1) is 19.1. The Balaban J connectivity index is 1.50. The summed E-state index contributed by atoms with van der Waals surface area (Å²) in [6.07, 6.45) is -5.12. The normalized spacial score (nSPS) is 11.7. The minimum Gasteiger partial charge on any atom is -0.443 e. The third kappa shape index (κ3) is 7.01. The van der Waals surface area contributed by atoms with Crippen LogP contribution in [0.25, 0.3) is 10.2 Å². The van der Waals surface area contributed by atoms with Crippen LogP contribution < -0.4 is 15.1 Å². The van der Waals surface area contributed by atoms with Gasteiger partial charge < -0.3 is 15.0 Å². The van der Waals surface area contributed by atoms with Gasteiger partial charge in [-0.1, -0.05) is 23.5 Å². The van der Waals surface area contributed by atoms with Gasteiger partial charge in [-0.3, -0.25) is 14.5 Å². The largest absolute Gasteiger partial charge is 0.443 e. The van der Waals surface area contributed by atoms with Gasteiger partial charge in [-0.2, -0.15) is 13.2 Å². The SMILES string of the molecule is CN(C(=O)c1ccc2nc(N(C)C(=O)OC(C)(C)C)sc2c1)c1cccc(NC(=O)c2cccc(C(F)(F)F)c2)c1. The van der Waals surface area contributed by atoms with Crippen LogP contribution in [0.4, 0.5) is 34.5 Å². The fraction of sp³-hybridized carbons (Fsp3) is 0.241. The summed E-state index contributed by atoms with van der Waals surface area (Å²) in [5.74, 6) is -1.06. The number of rotatable bonds is 5. The number of ether oxygens (including phenoxy) is 1. The quantitative estimate of drug-likeness (QED) is 0.268. The molecule has 0 aliphatic rings. The van der Waals surface area contributed by atoms with Crippen molar-refractivity contribution < 1.29 is 32.3 Å². The molecule has 3 aromatic carbocycles. The monoisotopic (exact) mass is 584 g/mol. The van der Waals surface area contributed by atoms with E-state index in [-0.39, 0.29) is 11.5 Å². The highest BCUT2D eigenvalue weighted by Gasteiger charge is 2.31. The van der Waals surface area contributed by atoms with E-state index in [1.54, 1.807) is 77.3 Å². The van der Waals surface area contributed by atoms with Gasteiger partial charge in [0.05, 0.1) is 15.8 Å². The van der Waals surface area contributed by atoms with Crippen molar-refractivity contribution in [3.8, 4) is 0 Å². The number of halogens is 3. The van der Waals surface area contributed by atoms with Crippen molar-refractivity contribution in [1.82, 2.24) is 4.98 Å². The van der Waals surface area contributed by atoms with Crippen LogP contribution in [-0.4, -0.2) is 42.6 Å². The minimum absolute atomic E-state index is 0.149. The number of fused-ring (bicyclic) bond motifs is 1. The minimum atomic E-state index is -4.57. The van der Waals surface area contributed by atoms with Crippen LogP contribution in [0, 0.1) is 0 Å². The maximum atomic E-state index is 13.3. The van der Waals surface area contributed by atoms with Crippen molar-refractivity contribution in [1.29, 1.82) is 0 Å². The number of carbonyl (C=O) groups excluding carboxylic acids is 3. The van der Waals surface area contributed by atoms with Crippen LogP contribution in [0.1, 0.15) is 47.1 Å². The third-order valence-electron chi connectivity index (χ3n) is 5.83. The van der Waals surface area contributed by atoms with Crippen LogP contribution in [0.15, 0.2) is 66.7 Å². The molecule has 0 fully saturated rings. The molecular formula is C29H27F3N4O4S. The lowest BCUT2D eigenvalue weighted by atomic mass is 10.1. The fourth-order valence-electron chi connectivity index (χ4n) is 3.74. The molecule has 0 radical (unpaired) electrons. The maximum Gasteiger partial charge on any atom is 0.416 e. The Morgan fingerprint density at radius 1 is 0.878 bits per heavy atom. The van der Waals surface area contributed by atoms with E-state index in [9.17, 15) is 27.6 Å². The summed E-state index contributed by atoms with van der Waals surface area (Å²) in [5.41, 5.74) is -0.00362. The molecule has 12 heteroatoms. The number of amides is 3. The second-order valence-corrected chi connectivity index (χ2v) is 11.2. The molecule has 4 aromatic rings. The Morgan fingerprint density at radius 3 is 2.27 bits per heavy atom. The molecule has 0 atom stereocenters. The van der Waals surface area contributed by atoms with E-state index in [0.717, 1.165) is 12.1 Å². The second-order valence-electron chi connectivity index (χ2n) is 10.2. The molecule has 0 aliphatic heterocycles. The predicted octanol–water partition coefficient (Wildman–Crippen LogP) is 7.22. The Morgan fingerprint density at radius 2 is 1.59 bits per heavy atom. The molecule has 214 valence electrons. The second kappa shape index (κ2) is 11.2. The van der Waals surface area contributed by atoms with Crippen LogP contribution in [0.5, 0.6) is 0 Å². The Bertz CT molecular complexity index is 1630. The average molecular weight is 585 g/mol. The molecule has 1 heterocycles. The first-order valence-corrected chi connectivity index (χ1v) is 13.2. The molecule has 1 N–H and O–H groups in total. The van der Waals surface area contributed by atoms with Crippen LogP contribution in [-0.2, 0) is 10.9 Å². The molecule has 0 saturated carbocycles. The smallest absolute Gasteiger partial charge is 0.416 e. The van der Waals surface area contributed by atoms with Crippen molar-refractivity contribution in [3.05, 3.63) is 83.4 Å². The number of thiazole rings is 1. The van der Waals surface area contributed by atoms with Crippen molar-refractivity contribution in [3.63, 3.8) is 0 Å². The summed E-state index contributed by atoms with van der Waals surface area (Å²) in [6, 6.07) is 15.5. The molecule has 4 rings (SSSR count). The number of anilines is 3. The van der Waals surface area contributed by atoms with E-state index in [4.69, 9.17) is 4.74 Å². The Hall–Kier alpha value is -4.45. The zero-order chi connectivity index (χ0) is 30.1. The fourth-order valence-corrected chi connectivity index (χ4v) is 4.70. The lowest BCUT2D eigenvalue weighted by molar-refractivity contribution is -0.137. The van der Waals surface area contributed by atoms with E-state index in [1.165, 1.54) is 33.3 Å². The molecule has 41 heavy (non-hydrogen) atoms. The molecule has 0 unspecified atom stereocenters. The van der Waals surface area contributed by atoms with Crippen molar-refractivity contribution in [2.24, 2.45) is 0 Å². The first kappa shape index (κ1) is 29.5. The van der Waals surface area contributed by atoms with Crippen LogP contribution in [0.2, 0.25) is 0 Å². The number of hydrogen-bond acceptors (Lipinski definition) is 6. The summed E-state index contributed by atoms with van der Waals surface area (Å²) < 4.78 is 45.2. The zero-order valence-corrected chi connectivity index (χ0v) is 23.7. The molecule has 0 bridgehead atoms. The lowest BCUT2D eigenvalue weighted by Gasteiger charge is -2.23. The van der Waals surface area contributed by atoms with Gasteiger partial charge >= 0.3 is 12.3 Å². The van der Waals surface area contributed by atoms with Gasteiger partial charge in [0.25, 0.3) is 11.8 Å². The Kier molecular flexibility index (Phi) is 8.07. The number of aromatic nitrogens is 1. The van der Waals surface area contributed by atoms with Crippen LogP contribution in [0.3, 0.4) is 0 Å². The molecule has 0 spiro atoms. The molecule has 0 aliphatic carbocycles. The molecule has 0 saturated heterocycles. The highest BCUT2D eigenvalue weighted by Crippen LogP contribution is 2.32. The number of nitrogens with zero attached hydrogens (tertiary/aromatic N) is 3. The van der Waals surface area contributed by atoms with E-state index in [2.05, 4.69) is 10.3 Å². The zero-order valence-electron chi connectivity index (χ0n) is 22.9. The molecule has 1 aromatic heterocycles. The topological polar surface area (TPSA) is 91.8 Å². The summed E-state index contributed by atoms with van der Waals surface area (Å²) in [5, 5.41) is 2.99. The molecule has 3 amide bonds. The van der Waals surface area contributed by atoms with Gasteiger partial charge in [0.2, 0.25) is 0 Å². The number of carbonyl (C=O) groups is 3. The van der Waals surface area contributed by atoms with Gasteiger partial charge in [0, 0.05) is 36.6 Å². The highest BCUT2D eigenvalue weighted by molar-refractivity contribution is 7.22. The number of benzene rings is 3. The number of alkyl halides is 3. The third-order valence-corrected chi connectivity index (χ3v) is 6.92. The molecule has 8 nitrogen and oxygen atoms in total. The summed E-state index contributed by atoms with van der Waals surface area (Å²) in [4.78, 5) is 45.5. The summed E-state index contributed by atoms with van der Waals surface area (Å²) >= 11 is 1.23. The summed E-state index contributed by atoms with van der Waals surface area (Å²) in [7, 11) is 3.12. The van der Waals surface area contributed by atoms with Gasteiger partial charge in [-0.15, -0.1) is 0 Å². The Labute approximate surface area is 238 Å². The average Bonchev–Trinajstić information content (AvgIpc) is 3.34.